The highest BCUT2D eigenvalue weighted by atomic mass is 32.2. The molecule has 24 heavy (non-hydrogen) atoms. The van der Waals surface area contributed by atoms with Crippen molar-refractivity contribution in [2.45, 2.75) is 33.1 Å². The highest BCUT2D eigenvalue weighted by molar-refractivity contribution is 8.13. The summed E-state index contributed by atoms with van der Waals surface area (Å²) in [4.78, 5) is 4.44. The van der Waals surface area contributed by atoms with E-state index in [1.165, 1.54) is 22.9 Å². The van der Waals surface area contributed by atoms with E-state index in [2.05, 4.69) is 37.9 Å². The minimum atomic E-state index is 0.568. The molecule has 2 rings (SSSR count). The van der Waals surface area contributed by atoms with E-state index in [-0.39, 0.29) is 0 Å². The normalized spacial score (nSPS) is 12.9. The zero-order chi connectivity index (χ0) is 17.4. The SMILES string of the molecule is CC[C@@H](C)c1ccc(N=C(N)SCCOc2ccc(C)cc2)cc1. The predicted molar refractivity (Wildman–Crippen MR) is 106 cm³/mol. The Hall–Kier alpha value is -1.94. The van der Waals surface area contributed by atoms with Crippen LogP contribution in [-0.2, 0) is 0 Å². The first-order valence-electron chi connectivity index (χ1n) is 8.35. The largest absolute Gasteiger partial charge is 0.493 e. The molecular weight excluding hydrogens is 316 g/mol. The summed E-state index contributed by atoms with van der Waals surface area (Å²) in [5.41, 5.74) is 9.45. The lowest BCUT2D eigenvalue weighted by Crippen LogP contribution is -2.10. The second kappa shape index (κ2) is 9.38. The van der Waals surface area contributed by atoms with Crippen molar-refractivity contribution in [3.63, 3.8) is 0 Å². The van der Waals surface area contributed by atoms with Crippen molar-refractivity contribution in [1.29, 1.82) is 0 Å². The van der Waals surface area contributed by atoms with Crippen molar-refractivity contribution < 1.29 is 4.74 Å². The summed E-state index contributed by atoms with van der Waals surface area (Å²) in [6.45, 7) is 7.10. The van der Waals surface area contributed by atoms with Crippen molar-refractivity contribution in [2.75, 3.05) is 12.4 Å². The first-order valence-corrected chi connectivity index (χ1v) is 9.33. The minimum absolute atomic E-state index is 0.568. The molecule has 2 N–H and O–H groups in total. The molecule has 0 aliphatic heterocycles. The molecule has 1 atom stereocenters. The van der Waals surface area contributed by atoms with Crippen LogP contribution in [0.1, 0.15) is 37.3 Å². The van der Waals surface area contributed by atoms with Crippen LogP contribution in [0.3, 0.4) is 0 Å². The molecular formula is C20H26N2OS. The number of aliphatic imine (C=N–C) groups is 1. The molecule has 2 aromatic rings. The van der Waals surface area contributed by atoms with Gasteiger partial charge in [0.15, 0.2) is 5.17 Å². The first kappa shape index (κ1) is 18.4. The fourth-order valence-corrected chi connectivity index (χ4v) is 2.76. The maximum atomic E-state index is 5.99. The number of benzene rings is 2. The molecule has 0 aliphatic rings. The van der Waals surface area contributed by atoms with Crippen molar-refractivity contribution in [2.24, 2.45) is 10.7 Å². The number of thioether (sulfide) groups is 1. The fourth-order valence-electron chi connectivity index (χ4n) is 2.21. The molecule has 4 heteroatoms. The molecule has 0 unspecified atom stereocenters. The molecule has 0 spiro atoms. The van der Waals surface area contributed by atoms with Gasteiger partial charge in [0.1, 0.15) is 5.75 Å². The van der Waals surface area contributed by atoms with Crippen LogP contribution >= 0.6 is 11.8 Å². The van der Waals surface area contributed by atoms with Gasteiger partial charge < -0.3 is 10.5 Å². The quantitative estimate of drug-likeness (QED) is 0.424. The van der Waals surface area contributed by atoms with Crippen molar-refractivity contribution in [3.05, 3.63) is 59.7 Å². The zero-order valence-electron chi connectivity index (χ0n) is 14.7. The Morgan fingerprint density at radius 2 is 1.79 bits per heavy atom. The number of amidine groups is 1. The highest BCUT2D eigenvalue weighted by Gasteiger charge is 2.02. The molecule has 0 bridgehead atoms. The summed E-state index contributed by atoms with van der Waals surface area (Å²) in [6, 6.07) is 16.4. The van der Waals surface area contributed by atoms with Gasteiger partial charge in [-0.15, -0.1) is 0 Å². The smallest absolute Gasteiger partial charge is 0.159 e. The summed E-state index contributed by atoms with van der Waals surface area (Å²) >= 11 is 1.51. The van der Waals surface area contributed by atoms with Gasteiger partial charge >= 0.3 is 0 Å². The summed E-state index contributed by atoms with van der Waals surface area (Å²) in [5, 5.41) is 0.568. The van der Waals surface area contributed by atoms with Crippen molar-refractivity contribution in [3.8, 4) is 5.75 Å². The van der Waals surface area contributed by atoms with Gasteiger partial charge in [-0.2, -0.15) is 0 Å². The molecule has 0 radical (unpaired) electrons. The van der Waals surface area contributed by atoms with Crippen LogP contribution in [0.4, 0.5) is 5.69 Å². The third-order valence-electron chi connectivity index (χ3n) is 3.94. The summed E-state index contributed by atoms with van der Waals surface area (Å²) in [7, 11) is 0. The van der Waals surface area contributed by atoms with Crippen LogP contribution in [0, 0.1) is 6.92 Å². The van der Waals surface area contributed by atoms with Gasteiger partial charge in [-0.1, -0.05) is 55.4 Å². The Labute approximate surface area is 149 Å². The molecule has 0 aromatic heterocycles. The number of aryl methyl sites for hydroxylation is 1. The van der Waals surface area contributed by atoms with E-state index < -0.39 is 0 Å². The Kier molecular flexibility index (Phi) is 7.19. The number of hydrogen-bond donors (Lipinski definition) is 1. The van der Waals surface area contributed by atoms with E-state index in [0.717, 1.165) is 23.6 Å². The van der Waals surface area contributed by atoms with E-state index in [1.807, 2.05) is 36.4 Å². The van der Waals surface area contributed by atoms with E-state index in [1.54, 1.807) is 0 Å². The molecule has 3 nitrogen and oxygen atoms in total. The van der Waals surface area contributed by atoms with E-state index >= 15 is 0 Å². The van der Waals surface area contributed by atoms with Gasteiger partial charge in [0.2, 0.25) is 0 Å². The van der Waals surface area contributed by atoms with Gasteiger partial charge in [0.05, 0.1) is 12.3 Å². The summed E-state index contributed by atoms with van der Waals surface area (Å²) in [6.07, 6.45) is 1.14. The Morgan fingerprint density at radius 1 is 1.12 bits per heavy atom. The van der Waals surface area contributed by atoms with Gasteiger partial charge in [-0.25, -0.2) is 4.99 Å². The highest BCUT2D eigenvalue weighted by Crippen LogP contribution is 2.22. The summed E-state index contributed by atoms with van der Waals surface area (Å²) in [5.74, 6) is 2.24. The number of hydrogen-bond acceptors (Lipinski definition) is 3. The third kappa shape index (κ3) is 5.93. The molecule has 0 saturated heterocycles. The van der Waals surface area contributed by atoms with Gasteiger partial charge in [0, 0.05) is 5.75 Å². The van der Waals surface area contributed by atoms with Crippen LogP contribution in [0.25, 0.3) is 0 Å². The number of nitrogens with two attached hydrogens (primary N) is 1. The monoisotopic (exact) mass is 342 g/mol. The predicted octanol–water partition coefficient (Wildman–Crippen LogP) is 5.27. The number of rotatable bonds is 7. The lowest BCUT2D eigenvalue weighted by molar-refractivity contribution is 0.344. The van der Waals surface area contributed by atoms with E-state index in [9.17, 15) is 0 Å². The minimum Gasteiger partial charge on any atom is -0.493 e. The molecule has 2 aromatic carbocycles. The van der Waals surface area contributed by atoms with E-state index in [0.29, 0.717) is 17.7 Å². The second-order valence-corrected chi connectivity index (χ2v) is 6.98. The average Bonchev–Trinajstić information content (AvgIpc) is 2.60. The maximum Gasteiger partial charge on any atom is 0.159 e. The van der Waals surface area contributed by atoms with E-state index in [4.69, 9.17) is 10.5 Å². The molecule has 128 valence electrons. The van der Waals surface area contributed by atoms with Crippen LogP contribution in [-0.4, -0.2) is 17.5 Å². The number of nitrogens with zero attached hydrogens (tertiary/aromatic N) is 1. The molecule has 0 amide bonds. The maximum absolute atomic E-state index is 5.99. The van der Waals surface area contributed by atoms with Gasteiger partial charge in [-0.3, -0.25) is 0 Å². The number of ether oxygens (including phenoxy) is 1. The lowest BCUT2D eigenvalue weighted by atomic mass is 9.99. The van der Waals surface area contributed by atoms with Crippen molar-refractivity contribution >= 4 is 22.6 Å². The van der Waals surface area contributed by atoms with Gasteiger partial charge in [-0.05, 0) is 49.1 Å². The Bertz CT molecular complexity index is 650. The van der Waals surface area contributed by atoms with Crippen LogP contribution in [0.15, 0.2) is 53.5 Å². The summed E-state index contributed by atoms with van der Waals surface area (Å²) < 4.78 is 5.68. The Morgan fingerprint density at radius 3 is 2.42 bits per heavy atom. The van der Waals surface area contributed by atoms with Crippen LogP contribution in [0.2, 0.25) is 0 Å². The molecule has 0 fully saturated rings. The molecule has 0 heterocycles. The zero-order valence-corrected chi connectivity index (χ0v) is 15.5. The third-order valence-corrected chi connectivity index (χ3v) is 4.69. The van der Waals surface area contributed by atoms with Crippen LogP contribution in [0.5, 0.6) is 5.75 Å². The standard InChI is InChI=1S/C20H26N2OS/c1-4-16(3)17-7-9-18(10-8-17)22-20(21)24-14-13-23-19-11-5-15(2)6-12-19/h5-12,16H,4,13-14H2,1-3H3,(H2,21,22)/t16-/m1/s1. The Balaban J connectivity index is 1.78. The van der Waals surface area contributed by atoms with Crippen LogP contribution < -0.4 is 10.5 Å². The first-order chi connectivity index (χ1) is 11.6. The molecule has 0 saturated carbocycles. The topological polar surface area (TPSA) is 47.6 Å². The van der Waals surface area contributed by atoms with Crippen molar-refractivity contribution in [1.82, 2.24) is 0 Å². The lowest BCUT2D eigenvalue weighted by Gasteiger charge is -2.09. The fraction of sp³-hybridized carbons (Fsp3) is 0.350. The molecule has 0 aliphatic carbocycles. The second-order valence-electron chi connectivity index (χ2n) is 5.86. The average molecular weight is 343 g/mol. The van der Waals surface area contributed by atoms with Gasteiger partial charge in [0.25, 0.3) is 0 Å².